The number of fused-ring (bicyclic) bond motifs is 1. The highest BCUT2D eigenvalue weighted by Crippen LogP contribution is 2.46. The highest BCUT2D eigenvalue weighted by Gasteiger charge is 2.38. The molecule has 0 aromatic heterocycles. The summed E-state index contributed by atoms with van der Waals surface area (Å²) in [5.74, 6) is 0.227. The zero-order chi connectivity index (χ0) is 20.4. The maximum atomic E-state index is 11.8. The zero-order valence-electron chi connectivity index (χ0n) is 15.6. The second kappa shape index (κ2) is 7.56. The number of carbonyl (C=O) groups excluding carboxylic acids is 1. The molecule has 6 nitrogen and oxygen atoms in total. The fourth-order valence-electron chi connectivity index (χ4n) is 3.49. The quantitative estimate of drug-likeness (QED) is 0.674. The normalized spacial score (nSPS) is 17.6. The number of phenols is 1. The third kappa shape index (κ3) is 3.23. The van der Waals surface area contributed by atoms with Crippen LogP contribution in [0.5, 0.6) is 11.5 Å². The lowest BCUT2D eigenvalue weighted by molar-refractivity contribution is 0.0600. The fraction of sp³-hybridized carbons (Fsp3) is 0.130. The van der Waals surface area contributed by atoms with Gasteiger partial charge in [-0.15, -0.1) is 0 Å². The average Bonchev–Trinajstić information content (AvgIpc) is 2.77. The minimum atomic E-state index is -0.722. The number of para-hydroxylation sites is 2. The van der Waals surface area contributed by atoms with Gasteiger partial charge in [0.05, 0.1) is 24.3 Å². The van der Waals surface area contributed by atoms with Gasteiger partial charge in [0.1, 0.15) is 17.5 Å². The molecule has 0 saturated carbocycles. The van der Waals surface area contributed by atoms with Crippen LogP contribution in [0, 0.1) is 11.3 Å². The van der Waals surface area contributed by atoms with Gasteiger partial charge in [0.2, 0.25) is 6.23 Å². The molecule has 1 N–H and O–H groups in total. The smallest absolute Gasteiger partial charge is 0.337 e. The summed E-state index contributed by atoms with van der Waals surface area (Å²) in [6.07, 6.45) is -0.722. The van der Waals surface area contributed by atoms with Crippen molar-refractivity contribution in [3.05, 3.63) is 89.5 Å². The average molecular weight is 386 g/mol. The molecule has 144 valence electrons. The molecule has 1 aliphatic heterocycles. The third-order valence-electron chi connectivity index (χ3n) is 4.89. The number of methoxy groups -OCH3 is 1. The van der Waals surface area contributed by atoms with Gasteiger partial charge in [0, 0.05) is 11.3 Å². The molecule has 0 bridgehead atoms. The number of anilines is 1. The van der Waals surface area contributed by atoms with Gasteiger partial charge in [-0.25, -0.2) is 4.79 Å². The molecule has 3 aromatic carbocycles. The first-order valence-electron chi connectivity index (χ1n) is 9.04. The van der Waals surface area contributed by atoms with Crippen molar-refractivity contribution < 1.29 is 19.4 Å². The molecule has 0 aliphatic carbocycles. The van der Waals surface area contributed by atoms with E-state index in [9.17, 15) is 15.2 Å². The Hall–Kier alpha value is -3.98. The summed E-state index contributed by atoms with van der Waals surface area (Å²) in [7, 11) is 1.32. The van der Waals surface area contributed by atoms with Crippen LogP contribution in [-0.4, -0.2) is 18.2 Å². The lowest BCUT2D eigenvalue weighted by Crippen LogP contribution is -2.39. The molecule has 0 fully saturated rings. The molecule has 4 rings (SSSR count). The van der Waals surface area contributed by atoms with E-state index in [0.717, 1.165) is 5.56 Å². The number of rotatable bonds is 3. The summed E-state index contributed by atoms with van der Waals surface area (Å²) in [6, 6.07) is 22.7. The summed E-state index contributed by atoms with van der Waals surface area (Å²) in [5, 5.41) is 20.4. The van der Waals surface area contributed by atoms with E-state index in [4.69, 9.17) is 9.47 Å². The van der Waals surface area contributed by atoms with Gasteiger partial charge in [-0.2, -0.15) is 5.26 Å². The van der Waals surface area contributed by atoms with Gasteiger partial charge in [-0.3, -0.25) is 0 Å². The lowest BCUT2D eigenvalue weighted by Gasteiger charge is -2.41. The van der Waals surface area contributed by atoms with E-state index in [1.54, 1.807) is 53.4 Å². The highest BCUT2D eigenvalue weighted by atomic mass is 16.5. The van der Waals surface area contributed by atoms with Crippen LogP contribution in [0.4, 0.5) is 5.69 Å². The number of benzene rings is 3. The van der Waals surface area contributed by atoms with Gasteiger partial charge in [0.15, 0.2) is 0 Å². The Kier molecular flexibility index (Phi) is 4.80. The zero-order valence-corrected chi connectivity index (χ0v) is 15.6. The van der Waals surface area contributed by atoms with E-state index < -0.39 is 18.2 Å². The van der Waals surface area contributed by atoms with Crippen LogP contribution in [0.1, 0.15) is 33.8 Å². The predicted molar refractivity (Wildman–Crippen MR) is 107 cm³/mol. The number of ether oxygens (including phenoxy) is 2. The van der Waals surface area contributed by atoms with Crippen molar-refractivity contribution in [1.29, 1.82) is 5.26 Å². The minimum Gasteiger partial charge on any atom is -0.507 e. The second-order valence-corrected chi connectivity index (χ2v) is 6.54. The first kappa shape index (κ1) is 18.4. The molecule has 0 amide bonds. The lowest BCUT2D eigenvalue weighted by atomic mass is 9.99. The van der Waals surface area contributed by atoms with Gasteiger partial charge >= 0.3 is 5.97 Å². The largest absolute Gasteiger partial charge is 0.507 e. The Morgan fingerprint density at radius 1 is 1.03 bits per heavy atom. The van der Waals surface area contributed by atoms with E-state index >= 15 is 0 Å². The number of aromatic hydroxyl groups is 1. The molecule has 2 atom stereocenters. The van der Waals surface area contributed by atoms with E-state index in [1.165, 1.54) is 7.11 Å². The molecule has 29 heavy (non-hydrogen) atoms. The maximum Gasteiger partial charge on any atom is 0.337 e. The van der Waals surface area contributed by atoms with Crippen LogP contribution in [0.3, 0.4) is 0 Å². The summed E-state index contributed by atoms with van der Waals surface area (Å²) in [4.78, 5) is 13.6. The van der Waals surface area contributed by atoms with Crippen LogP contribution in [0.15, 0.2) is 72.8 Å². The SMILES string of the molecule is COC(=O)c1ccc(N2[C@@H](C#N)c3ccccc3O[C@H]2c2ccccc2O)cc1. The molecule has 0 spiro atoms. The second-order valence-electron chi connectivity index (χ2n) is 6.54. The summed E-state index contributed by atoms with van der Waals surface area (Å²) in [6.45, 7) is 0. The van der Waals surface area contributed by atoms with Crippen molar-refractivity contribution in [1.82, 2.24) is 0 Å². The van der Waals surface area contributed by atoms with E-state index in [-0.39, 0.29) is 5.75 Å². The van der Waals surface area contributed by atoms with Crippen LogP contribution in [0.25, 0.3) is 0 Å². The van der Waals surface area contributed by atoms with Crippen LogP contribution in [0.2, 0.25) is 0 Å². The molecule has 6 heteroatoms. The summed E-state index contributed by atoms with van der Waals surface area (Å²) in [5.41, 5.74) is 2.35. The molecular formula is C23H18N2O4. The van der Waals surface area contributed by atoms with E-state index in [1.807, 2.05) is 24.3 Å². The number of hydrogen-bond acceptors (Lipinski definition) is 6. The number of esters is 1. The van der Waals surface area contributed by atoms with Gasteiger partial charge < -0.3 is 19.5 Å². The molecule has 3 aromatic rings. The van der Waals surface area contributed by atoms with Crippen molar-refractivity contribution in [2.24, 2.45) is 0 Å². The van der Waals surface area contributed by atoms with Crippen LogP contribution in [-0.2, 0) is 4.74 Å². The number of carbonyl (C=O) groups is 1. The number of nitriles is 1. The Morgan fingerprint density at radius 2 is 1.69 bits per heavy atom. The third-order valence-corrected chi connectivity index (χ3v) is 4.89. The minimum absolute atomic E-state index is 0.0738. The van der Waals surface area contributed by atoms with Crippen molar-refractivity contribution in [3.63, 3.8) is 0 Å². The summed E-state index contributed by atoms with van der Waals surface area (Å²) < 4.78 is 11.0. The number of nitrogens with zero attached hydrogens (tertiary/aromatic N) is 2. The first-order valence-corrected chi connectivity index (χ1v) is 9.04. The number of hydrogen-bond donors (Lipinski definition) is 1. The topological polar surface area (TPSA) is 82.8 Å². The molecule has 1 heterocycles. The molecular weight excluding hydrogens is 368 g/mol. The molecule has 0 unspecified atom stereocenters. The van der Waals surface area contributed by atoms with Crippen LogP contribution >= 0.6 is 0 Å². The van der Waals surface area contributed by atoms with E-state index in [2.05, 4.69) is 6.07 Å². The van der Waals surface area contributed by atoms with Crippen molar-refractivity contribution in [3.8, 4) is 17.6 Å². The first-order chi connectivity index (χ1) is 14.1. The van der Waals surface area contributed by atoms with Gasteiger partial charge in [0.25, 0.3) is 0 Å². The predicted octanol–water partition coefficient (Wildman–Crippen LogP) is 4.34. The fourth-order valence-corrected chi connectivity index (χ4v) is 3.49. The van der Waals surface area contributed by atoms with Crippen molar-refractivity contribution in [2.45, 2.75) is 12.3 Å². The molecule has 1 aliphatic rings. The molecule has 0 saturated heterocycles. The van der Waals surface area contributed by atoms with Gasteiger partial charge in [-0.1, -0.05) is 30.3 Å². The van der Waals surface area contributed by atoms with Crippen LogP contribution < -0.4 is 9.64 Å². The monoisotopic (exact) mass is 386 g/mol. The van der Waals surface area contributed by atoms with E-state index in [0.29, 0.717) is 22.6 Å². The van der Waals surface area contributed by atoms with Crippen molar-refractivity contribution >= 4 is 11.7 Å². The van der Waals surface area contributed by atoms with Gasteiger partial charge in [-0.05, 0) is 42.5 Å². The molecule has 0 radical (unpaired) electrons. The number of phenolic OH excluding ortho intramolecular Hbond substituents is 1. The summed E-state index contributed by atoms with van der Waals surface area (Å²) >= 11 is 0. The Bertz CT molecular complexity index is 1090. The maximum absolute atomic E-state index is 11.8. The van der Waals surface area contributed by atoms with Crippen molar-refractivity contribution in [2.75, 3.05) is 12.0 Å². The Labute approximate surface area is 168 Å². The Morgan fingerprint density at radius 3 is 2.34 bits per heavy atom. The Balaban J connectivity index is 1.86. The standard InChI is InChI=1S/C23H18N2O4/c1-28-23(27)15-10-12-16(13-11-15)25-19(14-24)17-6-3-5-9-21(17)29-22(25)18-7-2-4-8-20(18)26/h2-13,19,22,26H,1H3/t19-,22-/m0/s1. The highest BCUT2D eigenvalue weighted by molar-refractivity contribution is 5.89.